The summed E-state index contributed by atoms with van der Waals surface area (Å²) in [5.74, 6) is 0.911. The number of rotatable bonds is 2. The molecule has 0 saturated heterocycles. The van der Waals surface area contributed by atoms with Crippen LogP contribution in [0.1, 0.15) is 5.56 Å². The fourth-order valence-corrected chi connectivity index (χ4v) is 1.07. The third-order valence-corrected chi connectivity index (χ3v) is 1.92. The minimum absolute atomic E-state index is 0.911. The summed E-state index contributed by atoms with van der Waals surface area (Å²) in [6, 6.07) is 8.01. The van der Waals surface area contributed by atoms with Gasteiger partial charge in [0.25, 0.3) is 0 Å². The Morgan fingerprint density at radius 1 is 1.30 bits per heavy atom. The van der Waals surface area contributed by atoms with Crippen LogP contribution in [0.2, 0.25) is 0 Å². The Morgan fingerprint density at radius 3 is 2.30 bits per heavy atom. The molecule has 0 unspecified atom stereocenters. The van der Waals surface area contributed by atoms with Gasteiger partial charge < -0.3 is 0 Å². The molecule has 0 amide bonds. The van der Waals surface area contributed by atoms with Crippen LogP contribution < -0.4 is 4.74 Å². The summed E-state index contributed by atoms with van der Waals surface area (Å²) in [5.41, 5.74) is 1.28. The maximum atomic E-state index is 5.00. The molecule has 0 aromatic heterocycles. The zero-order chi connectivity index (χ0) is 7.40. The molecule has 0 N–H and O–H groups in total. The van der Waals surface area contributed by atoms with E-state index in [0.29, 0.717) is 0 Å². The molecule has 0 aliphatic heterocycles. The van der Waals surface area contributed by atoms with E-state index in [-0.39, 0.29) is 0 Å². The summed E-state index contributed by atoms with van der Waals surface area (Å²) in [5, 5.41) is 0. The molecule has 0 aliphatic rings. The second kappa shape index (κ2) is 3.75. The first-order valence-electron chi connectivity index (χ1n) is 3.01. The predicted molar refractivity (Wildman–Crippen MR) is 36.7 cm³/mol. The maximum absolute atomic E-state index is 5.00. The molecule has 57 valence electrons. The summed E-state index contributed by atoms with van der Waals surface area (Å²) in [4.78, 5) is 0.937. The summed E-state index contributed by atoms with van der Waals surface area (Å²) < 4.78 is 5.00. The van der Waals surface area contributed by atoms with E-state index in [1.807, 2.05) is 24.3 Å². The van der Waals surface area contributed by atoms with E-state index < -0.39 is 0 Å². The molecule has 1 nitrogen and oxygen atoms in total. The van der Waals surface area contributed by atoms with Crippen molar-refractivity contribution < 1.29 is 23.9 Å². The Labute approximate surface area is 71.8 Å². The number of methoxy groups -OCH3 is 1. The van der Waals surface area contributed by atoms with E-state index in [1.54, 1.807) is 7.11 Å². The number of benzene rings is 1. The molecule has 0 atom stereocenters. The van der Waals surface area contributed by atoms with Crippen molar-refractivity contribution >= 4 is 0 Å². The van der Waals surface area contributed by atoms with E-state index >= 15 is 0 Å². The molecule has 1 aromatic carbocycles. The summed E-state index contributed by atoms with van der Waals surface area (Å²) in [6.07, 6.45) is 0. The van der Waals surface area contributed by atoms with Crippen molar-refractivity contribution in [3.8, 4) is 5.75 Å². The Hall–Kier alpha value is -0.318. The number of ether oxygens (including phenoxy) is 1. The molecular weight excluding hydrogens is 219 g/mol. The van der Waals surface area contributed by atoms with Crippen LogP contribution in [0, 0.1) is 0 Å². The van der Waals surface area contributed by atoms with Crippen LogP contribution in [-0.4, -0.2) is 7.11 Å². The Bertz CT molecular complexity index is 170. The molecule has 2 heteroatoms. The third kappa shape index (κ3) is 1.83. The van der Waals surface area contributed by atoms with Crippen LogP contribution in [0.3, 0.4) is 0 Å². The van der Waals surface area contributed by atoms with Crippen molar-refractivity contribution in [2.45, 2.75) is 4.89 Å². The Balaban J connectivity index is 2.80. The van der Waals surface area contributed by atoms with Crippen molar-refractivity contribution in [2.24, 2.45) is 0 Å². The Morgan fingerprint density at radius 2 is 1.90 bits per heavy atom. The van der Waals surface area contributed by atoms with Crippen molar-refractivity contribution in [1.82, 2.24) is 0 Å². The van der Waals surface area contributed by atoms with Crippen molar-refractivity contribution in [2.75, 3.05) is 7.11 Å². The molecule has 0 heterocycles. The quantitative estimate of drug-likeness (QED) is 0.700. The van der Waals surface area contributed by atoms with Gasteiger partial charge in [-0.2, -0.15) is 0 Å². The summed E-state index contributed by atoms with van der Waals surface area (Å²) >= 11 is 3.12. The normalized spacial score (nSPS) is 9.50. The Kier molecular flexibility index (Phi) is 2.92. The van der Waals surface area contributed by atoms with Crippen molar-refractivity contribution in [3.05, 3.63) is 29.8 Å². The van der Waals surface area contributed by atoms with Gasteiger partial charge >= 0.3 is 71.5 Å². The van der Waals surface area contributed by atoms with Gasteiger partial charge in [0.05, 0.1) is 0 Å². The van der Waals surface area contributed by atoms with Crippen LogP contribution in [0.5, 0.6) is 5.75 Å². The standard InChI is InChI=1S/C8H9O.Pd/c1-7-3-5-8(9-2)6-4-7;/h3-6H,1H2,2H3;. The zero-order valence-corrected chi connectivity index (χ0v) is 7.30. The fourth-order valence-electron chi connectivity index (χ4n) is 0.700. The van der Waals surface area contributed by atoms with Gasteiger partial charge in [0.1, 0.15) is 0 Å². The molecule has 10 heavy (non-hydrogen) atoms. The van der Waals surface area contributed by atoms with Gasteiger partial charge in [-0.25, -0.2) is 0 Å². The van der Waals surface area contributed by atoms with E-state index in [4.69, 9.17) is 4.74 Å². The van der Waals surface area contributed by atoms with Gasteiger partial charge in [0.2, 0.25) is 0 Å². The van der Waals surface area contributed by atoms with E-state index in [0.717, 1.165) is 10.6 Å². The van der Waals surface area contributed by atoms with Gasteiger partial charge in [0, 0.05) is 0 Å². The average Bonchev–Trinajstić information content (AvgIpc) is 2.05. The first-order chi connectivity index (χ1) is 4.86. The predicted octanol–water partition coefficient (Wildman–Crippen LogP) is 1.74. The van der Waals surface area contributed by atoms with Gasteiger partial charge in [-0.1, -0.05) is 0 Å². The topological polar surface area (TPSA) is 9.23 Å². The van der Waals surface area contributed by atoms with Crippen LogP contribution >= 0.6 is 0 Å². The summed E-state index contributed by atoms with van der Waals surface area (Å²) in [7, 11) is 1.67. The molecule has 0 spiro atoms. The molecule has 0 bridgehead atoms. The third-order valence-electron chi connectivity index (χ3n) is 1.29. The van der Waals surface area contributed by atoms with Crippen LogP contribution in [0.4, 0.5) is 0 Å². The van der Waals surface area contributed by atoms with E-state index in [9.17, 15) is 0 Å². The molecule has 0 saturated carbocycles. The monoisotopic (exact) mass is 227 g/mol. The molecular formula is C8H9OPd. The molecule has 1 aromatic rings. The minimum atomic E-state index is 0.911. The van der Waals surface area contributed by atoms with Crippen LogP contribution in [0.25, 0.3) is 0 Å². The molecule has 0 radical (unpaired) electrons. The number of hydrogen-bond donors (Lipinski definition) is 0. The van der Waals surface area contributed by atoms with Gasteiger partial charge in [-0.3, -0.25) is 0 Å². The second-order valence-electron chi connectivity index (χ2n) is 1.96. The molecule has 1 rings (SSSR count). The first-order valence-corrected chi connectivity index (χ1v) is 4.11. The van der Waals surface area contributed by atoms with Gasteiger partial charge in [0.15, 0.2) is 0 Å². The molecule has 0 aliphatic carbocycles. The average molecular weight is 228 g/mol. The second-order valence-corrected chi connectivity index (χ2v) is 2.51. The van der Waals surface area contributed by atoms with Crippen molar-refractivity contribution in [1.29, 1.82) is 0 Å². The van der Waals surface area contributed by atoms with Crippen molar-refractivity contribution in [3.63, 3.8) is 0 Å². The summed E-state index contributed by atoms with van der Waals surface area (Å²) in [6.45, 7) is 0. The first kappa shape index (κ1) is 7.79. The molecule has 0 fully saturated rings. The van der Waals surface area contributed by atoms with E-state index in [2.05, 4.69) is 19.2 Å². The van der Waals surface area contributed by atoms with Gasteiger partial charge in [-0.15, -0.1) is 0 Å². The fraction of sp³-hybridized carbons (Fsp3) is 0.250. The van der Waals surface area contributed by atoms with Gasteiger partial charge in [-0.05, 0) is 0 Å². The van der Waals surface area contributed by atoms with Crippen LogP contribution in [-0.2, 0) is 24.1 Å². The van der Waals surface area contributed by atoms with Crippen LogP contribution in [0.15, 0.2) is 24.3 Å². The van der Waals surface area contributed by atoms with E-state index in [1.165, 1.54) is 5.56 Å². The number of hydrogen-bond acceptors (Lipinski definition) is 1. The SMILES string of the molecule is COc1ccc([CH2][Pd])cc1. The zero-order valence-electron chi connectivity index (χ0n) is 5.74.